The van der Waals surface area contributed by atoms with Crippen LogP contribution in [-0.2, 0) is 9.53 Å². The summed E-state index contributed by atoms with van der Waals surface area (Å²) in [5.41, 5.74) is 0.490. The number of hydrogen-bond donors (Lipinski definition) is 0. The minimum absolute atomic E-state index is 0.0911. The van der Waals surface area contributed by atoms with Crippen molar-refractivity contribution in [2.75, 3.05) is 59.0 Å². The Kier molecular flexibility index (Phi) is 6.33. The highest BCUT2D eigenvalue weighted by atomic mass is 79.9. The molecule has 0 radical (unpaired) electrons. The third-order valence-corrected chi connectivity index (χ3v) is 5.36. The zero-order valence-electron chi connectivity index (χ0n) is 13.9. The van der Waals surface area contributed by atoms with Crippen molar-refractivity contribution in [3.05, 3.63) is 33.3 Å². The molecule has 2 aliphatic rings. The summed E-state index contributed by atoms with van der Waals surface area (Å²) in [5, 5.41) is 0.444. The Bertz CT molecular complexity index is 644. The van der Waals surface area contributed by atoms with Crippen LogP contribution in [0.5, 0.6) is 0 Å². The fourth-order valence-corrected chi connectivity index (χ4v) is 3.60. The summed E-state index contributed by atoms with van der Waals surface area (Å²) in [6.07, 6.45) is 0. The van der Waals surface area contributed by atoms with Crippen LogP contribution in [0.3, 0.4) is 0 Å². The van der Waals surface area contributed by atoms with E-state index in [0.29, 0.717) is 56.5 Å². The topological polar surface area (TPSA) is 53.1 Å². The van der Waals surface area contributed by atoms with Crippen LogP contribution >= 0.6 is 27.5 Å². The molecule has 0 spiro atoms. The van der Waals surface area contributed by atoms with Crippen molar-refractivity contribution in [2.45, 2.75) is 0 Å². The minimum atomic E-state index is -0.0911. The van der Waals surface area contributed by atoms with Gasteiger partial charge >= 0.3 is 0 Å². The van der Waals surface area contributed by atoms with Gasteiger partial charge < -0.3 is 14.5 Å². The predicted molar refractivity (Wildman–Crippen MR) is 98.9 cm³/mol. The molecule has 3 rings (SSSR count). The van der Waals surface area contributed by atoms with Crippen LogP contribution in [0.2, 0.25) is 5.02 Å². The van der Waals surface area contributed by atoms with Gasteiger partial charge in [0.05, 0.1) is 30.3 Å². The first-order chi connectivity index (χ1) is 12.0. The molecule has 8 heteroatoms. The van der Waals surface area contributed by atoms with Crippen LogP contribution in [0.4, 0.5) is 0 Å². The van der Waals surface area contributed by atoms with E-state index in [2.05, 4.69) is 20.8 Å². The van der Waals surface area contributed by atoms with Gasteiger partial charge in [-0.3, -0.25) is 14.5 Å². The summed E-state index contributed by atoms with van der Waals surface area (Å²) in [5.74, 6) is 0.0288. The van der Waals surface area contributed by atoms with Gasteiger partial charge in [-0.25, -0.2) is 0 Å². The summed E-state index contributed by atoms with van der Waals surface area (Å²) in [7, 11) is 0. The van der Waals surface area contributed by atoms with Crippen molar-refractivity contribution in [2.24, 2.45) is 0 Å². The highest BCUT2D eigenvalue weighted by Crippen LogP contribution is 2.23. The molecule has 2 aliphatic heterocycles. The molecule has 0 bridgehead atoms. The van der Waals surface area contributed by atoms with Gasteiger partial charge in [-0.1, -0.05) is 27.5 Å². The second-order valence-electron chi connectivity index (χ2n) is 6.19. The average Bonchev–Trinajstić information content (AvgIpc) is 2.64. The smallest absolute Gasteiger partial charge is 0.255 e. The number of rotatable bonds is 3. The first-order valence-electron chi connectivity index (χ1n) is 8.37. The van der Waals surface area contributed by atoms with Crippen molar-refractivity contribution >= 4 is 39.3 Å². The summed E-state index contributed by atoms with van der Waals surface area (Å²) < 4.78 is 6.12. The highest BCUT2D eigenvalue weighted by Gasteiger charge is 2.27. The van der Waals surface area contributed by atoms with Crippen LogP contribution in [0, 0.1) is 0 Å². The number of morpholine rings is 1. The molecule has 1 aromatic carbocycles. The van der Waals surface area contributed by atoms with Crippen molar-refractivity contribution in [1.82, 2.24) is 14.7 Å². The molecule has 136 valence electrons. The van der Waals surface area contributed by atoms with Crippen LogP contribution in [0.1, 0.15) is 10.4 Å². The average molecular weight is 431 g/mol. The lowest BCUT2D eigenvalue weighted by atomic mass is 10.1. The summed E-state index contributed by atoms with van der Waals surface area (Å²) in [4.78, 5) is 30.8. The largest absolute Gasteiger partial charge is 0.379 e. The molecule has 0 saturated carbocycles. The molecular formula is C17H21BrClN3O3. The van der Waals surface area contributed by atoms with E-state index in [1.54, 1.807) is 23.1 Å². The monoisotopic (exact) mass is 429 g/mol. The number of amides is 2. The van der Waals surface area contributed by atoms with Crippen LogP contribution in [0.15, 0.2) is 22.7 Å². The number of benzene rings is 1. The lowest BCUT2D eigenvalue weighted by Crippen LogP contribution is -2.53. The van der Waals surface area contributed by atoms with Crippen molar-refractivity contribution in [3.63, 3.8) is 0 Å². The molecule has 0 aliphatic carbocycles. The number of nitrogens with zero attached hydrogens (tertiary/aromatic N) is 3. The minimum Gasteiger partial charge on any atom is -0.379 e. The van der Waals surface area contributed by atoms with E-state index in [1.165, 1.54) is 0 Å². The van der Waals surface area contributed by atoms with E-state index in [9.17, 15) is 9.59 Å². The van der Waals surface area contributed by atoms with E-state index >= 15 is 0 Å². The molecule has 0 unspecified atom stereocenters. The number of carbonyl (C=O) groups is 2. The van der Waals surface area contributed by atoms with E-state index in [1.807, 2.05) is 4.90 Å². The maximum Gasteiger partial charge on any atom is 0.255 e. The van der Waals surface area contributed by atoms with Crippen LogP contribution in [-0.4, -0.2) is 85.5 Å². The maximum absolute atomic E-state index is 12.7. The van der Waals surface area contributed by atoms with Crippen molar-refractivity contribution < 1.29 is 14.3 Å². The van der Waals surface area contributed by atoms with Crippen LogP contribution < -0.4 is 0 Å². The number of ether oxygens (including phenoxy) is 1. The molecule has 1 aromatic rings. The zero-order valence-corrected chi connectivity index (χ0v) is 16.3. The van der Waals surface area contributed by atoms with Gasteiger partial charge in [0, 0.05) is 43.7 Å². The first kappa shape index (κ1) is 18.6. The Labute approximate surface area is 160 Å². The molecule has 2 saturated heterocycles. The molecule has 2 fully saturated rings. The molecular weight excluding hydrogens is 410 g/mol. The number of halogens is 2. The van der Waals surface area contributed by atoms with Gasteiger partial charge in [0.25, 0.3) is 5.91 Å². The second kappa shape index (κ2) is 8.49. The fraction of sp³-hybridized carbons (Fsp3) is 0.529. The third kappa shape index (κ3) is 4.73. The van der Waals surface area contributed by atoms with Gasteiger partial charge in [0.15, 0.2) is 0 Å². The number of piperazine rings is 1. The second-order valence-corrected chi connectivity index (χ2v) is 7.51. The standard InChI is InChI=1S/C17H21BrClN3O3/c18-13-1-2-15(19)14(11-13)17(24)22-5-3-21(4-6-22)16(23)12-20-7-9-25-10-8-20/h1-2,11H,3-10,12H2. The first-order valence-corrected chi connectivity index (χ1v) is 9.54. The van der Waals surface area contributed by atoms with E-state index < -0.39 is 0 Å². The number of carbonyl (C=O) groups excluding carboxylic acids is 2. The third-order valence-electron chi connectivity index (χ3n) is 4.54. The lowest BCUT2D eigenvalue weighted by Gasteiger charge is -2.36. The van der Waals surface area contributed by atoms with Gasteiger partial charge in [-0.2, -0.15) is 0 Å². The molecule has 0 N–H and O–H groups in total. The van der Waals surface area contributed by atoms with Gasteiger partial charge in [0.1, 0.15) is 0 Å². The van der Waals surface area contributed by atoms with Gasteiger partial charge in [-0.05, 0) is 18.2 Å². The molecule has 0 atom stereocenters. The Hall–Kier alpha value is -1.15. The summed E-state index contributed by atoms with van der Waals surface area (Å²) >= 11 is 9.52. The summed E-state index contributed by atoms with van der Waals surface area (Å²) in [6.45, 7) is 5.55. The SMILES string of the molecule is O=C(CN1CCOCC1)N1CCN(C(=O)c2cc(Br)ccc2Cl)CC1. The fourth-order valence-electron chi connectivity index (χ4n) is 3.04. The highest BCUT2D eigenvalue weighted by molar-refractivity contribution is 9.10. The van der Waals surface area contributed by atoms with Crippen molar-refractivity contribution in [1.29, 1.82) is 0 Å². The van der Waals surface area contributed by atoms with Crippen molar-refractivity contribution in [3.8, 4) is 0 Å². The Morgan fingerprint density at radius 2 is 1.68 bits per heavy atom. The lowest BCUT2D eigenvalue weighted by molar-refractivity contribution is -0.134. The molecule has 0 aromatic heterocycles. The number of hydrogen-bond acceptors (Lipinski definition) is 4. The van der Waals surface area contributed by atoms with Gasteiger partial charge in [-0.15, -0.1) is 0 Å². The Morgan fingerprint density at radius 1 is 1.04 bits per heavy atom. The molecule has 25 heavy (non-hydrogen) atoms. The normalized spacial score (nSPS) is 19.1. The Balaban J connectivity index is 1.53. The Morgan fingerprint density at radius 3 is 2.36 bits per heavy atom. The van der Waals surface area contributed by atoms with Crippen LogP contribution in [0.25, 0.3) is 0 Å². The van der Waals surface area contributed by atoms with E-state index in [0.717, 1.165) is 17.6 Å². The molecule has 2 amide bonds. The zero-order chi connectivity index (χ0) is 17.8. The predicted octanol–water partition coefficient (Wildman–Crippen LogP) is 1.72. The molecule has 6 nitrogen and oxygen atoms in total. The molecule has 2 heterocycles. The van der Waals surface area contributed by atoms with E-state index in [-0.39, 0.29) is 11.8 Å². The van der Waals surface area contributed by atoms with E-state index in [4.69, 9.17) is 16.3 Å². The van der Waals surface area contributed by atoms with Gasteiger partial charge in [0.2, 0.25) is 5.91 Å². The quantitative estimate of drug-likeness (QED) is 0.733. The maximum atomic E-state index is 12.7. The summed E-state index contributed by atoms with van der Waals surface area (Å²) in [6, 6.07) is 5.25.